The molecule has 1 rings (SSSR count). The number of carbonyl (C=O) groups is 1. The highest BCUT2D eigenvalue weighted by Crippen LogP contribution is 2.33. The third kappa shape index (κ3) is 4.30. The van der Waals surface area contributed by atoms with Gasteiger partial charge >= 0.3 is 6.18 Å². The van der Waals surface area contributed by atoms with Gasteiger partial charge in [-0.05, 0) is 41.2 Å². The average molecular weight is 325 g/mol. The number of amides is 1. The summed E-state index contributed by atoms with van der Waals surface area (Å²) in [6, 6.07) is 3.12. The number of benzene rings is 1. The molecule has 0 saturated heterocycles. The van der Waals surface area contributed by atoms with Gasteiger partial charge in [0.25, 0.3) is 0 Å². The van der Waals surface area contributed by atoms with Crippen molar-refractivity contribution in [3.63, 3.8) is 0 Å². The molecule has 0 aromatic heterocycles. The predicted octanol–water partition coefficient (Wildman–Crippen LogP) is 3.02. The van der Waals surface area contributed by atoms with Gasteiger partial charge in [0.1, 0.15) is 0 Å². The third-order valence-corrected chi connectivity index (χ3v) is 2.86. The highest BCUT2D eigenvalue weighted by Gasteiger charge is 2.31. The van der Waals surface area contributed by atoms with Crippen LogP contribution in [0, 0.1) is 0 Å². The predicted molar refractivity (Wildman–Crippen MR) is 66.3 cm³/mol. The highest BCUT2D eigenvalue weighted by molar-refractivity contribution is 9.10. The summed E-state index contributed by atoms with van der Waals surface area (Å²) in [6.07, 6.45) is -4.23. The highest BCUT2D eigenvalue weighted by atomic mass is 79.9. The topological polar surface area (TPSA) is 41.1 Å². The van der Waals surface area contributed by atoms with Crippen molar-refractivity contribution >= 4 is 27.5 Å². The summed E-state index contributed by atoms with van der Waals surface area (Å²) in [5.74, 6) is -0.343. The molecule has 0 spiro atoms. The summed E-state index contributed by atoms with van der Waals surface area (Å²) < 4.78 is 37.9. The fourth-order valence-corrected chi connectivity index (χ4v) is 1.59. The fourth-order valence-electron chi connectivity index (χ4n) is 1.25. The second-order valence-corrected chi connectivity index (χ2v) is 4.45. The lowest BCUT2D eigenvalue weighted by Gasteiger charge is -2.11. The first kappa shape index (κ1) is 15.0. The zero-order chi connectivity index (χ0) is 13.8. The van der Waals surface area contributed by atoms with E-state index < -0.39 is 11.7 Å². The number of anilines is 1. The first-order valence-corrected chi connectivity index (χ1v) is 5.95. The molecule has 1 aromatic carbocycles. The Balaban J connectivity index is 2.85. The molecule has 18 heavy (non-hydrogen) atoms. The van der Waals surface area contributed by atoms with Crippen molar-refractivity contribution < 1.29 is 18.0 Å². The Kier molecular flexibility index (Phi) is 5.15. The van der Waals surface area contributed by atoms with E-state index >= 15 is 0 Å². The molecule has 0 unspecified atom stereocenters. The van der Waals surface area contributed by atoms with Gasteiger partial charge in [-0.25, -0.2) is 0 Å². The Labute approximate surface area is 111 Å². The molecule has 7 heteroatoms. The van der Waals surface area contributed by atoms with Crippen molar-refractivity contribution in [2.45, 2.75) is 12.6 Å². The monoisotopic (exact) mass is 324 g/mol. The standard InChI is InChI=1S/C11H12BrF3N2O/c1-16-5-4-10(18)17-9-6-7(11(13,14)15)2-3-8(9)12/h2-3,6,16H,4-5H2,1H3,(H,17,18). The Hall–Kier alpha value is -1.08. The van der Waals surface area contributed by atoms with E-state index in [4.69, 9.17) is 0 Å². The molecule has 0 atom stereocenters. The van der Waals surface area contributed by atoms with E-state index in [1.807, 2.05) is 0 Å². The van der Waals surface area contributed by atoms with E-state index in [0.717, 1.165) is 12.1 Å². The van der Waals surface area contributed by atoms with E-state index in [1.165, 1.54) is 6.07 Å². The first-order valence-electron chi connectivity index (χ1n) is 5.16. The van der Waals surface area contributed by atoms with Gasteiger partial charge in [0.05, 0.1) is 11.3 Å². The van der Waals surface area contributed by atoms with Gasteiger partial charge < -0.3 is 10.6 Å². The third-order valence-electron chi connectivity index (χ3n) is 2.17. The Morgan fingerprint density at radius 2 is 2.06 bits per heavy atom. The second-order valence-electron chi connectivity index (χ2n) is 3.59. The molecular formula is C11H12BrF3N2O. The minimum Gasteiger partial charge on any atom is -0.325 e. The van der Waals surface area contributed by atoms with E-state index in [1.54, 1.807) is 7.05 Å². The van der Waals surface area contributed by atoms with E-state index in [-0.39, 0.29) is 18.0 Å². The molecule has 0 bridgehead atoms. The molecule has 0 aliphatic rings. The van der Waals surface area contributed by atoms with Crippen LogP contribution in [0.25, 0.3) is 0 Å². The van der Waals surface area contributed by atoms with Crippen LogP contribution in [0.1, 0.15) is 12.0 Å². The molecule has 0 aliphatic heterocycles. The quantitative estimate of drug-likeness (QED) is 0.893. The lowest BCUT2D eigenvalue weighted by molar-refractivity contribution is -0.137. The number of carbonyl (C=O) groups excluding carboxylic acids is 1. The molecule has 0 saturated carbocycles. The smallest absolute Gasteiger partial charge is 0.325 e. The van der Waals surface area contributed by atoms with Crippen LogP contribution in [0.4, 0.5) is 18.9 Å². The van der Waals surface area contributed by atoms with Gasteiger partial charge in [0, 0.05) is 17.4 Å². The normalized spacial score (nSPS) is 11.4. The number of hydrogen-bond donors (Lipinski definition) is 2. The number of halogens is 4. The van der Waals surface area contributed by atoms with Crippen LogP contribution >= 0.6 is 15.9 Å². The zero-order valence-corrected chi connectivity index (χ0v) is 11.2. The van der Waals surface area contributed by atoms with Gasteiger partial charge in [-0.3, -0.25) is 4.79 Å². The summed E-state index contributed by atoms with van der Waals surface area (Å²) in [7, 11) is 1.69. The Morgan fingerprint density at radius 3 is 2.61 bits per heavy atom. The van der Waals surface area contributed by atoms with Gasteiger partial charge in [0.2, 0.25) is 5.91 Å². The molecular weight excluding hydrogens is 313 g/mol. The number of hydrogen-bond acceptors (Lipinski definition) is 2. The Morgan fingerprint density at radius 1 is 1.39 bits per heavy atom. The average Bonchev–Trinajstić information content (AvgIpc) is 2.28. The van der Waals surface area contributed by atoms with Crippen molar-refractivity contribution in [1.29, 1.82) is 0 Å². The maximum atomic E-state index is 12.5. The molecule has 3 nitrogen and oxygen atoms in total. The van der Waals surface area contributed by atoms with E-state index in [0.29, 0.717) is 11.0 Å². The largest absolute Gasteiger partial charge is 0.416 e. The molecule has 1 aromatic rings. The van der Waals surface area contributed by atoms with Crippen LogP contribution in [-0.4, -0.2) is 19.5 Å². The van der Waals surface area contributed by atoms with Crippen molar-refractivity contribution in [2.75, 3.05) is 18.9 Å². The summed E-state index contributed by atoms with van der Waals surface area (Å²) in [5, 5.41) is 5.21. The summed E-state index contributed by atoms with van der Waals surface area (Å²) in [6.45, 7) is 0.461. The Bertz CT molecular complexity index is 435. The minimum absolute atomic E-state index is 0.117. The van der Waals surface area contributed by atoms with Crippen LogP contribution < -0.4 is 10.6 Å². The van der Waals surface area contributed by atoms with Crippen molar-refractivity contribution in [1.82, 2.24) is 5.32 Å². The zero-order valence-electron chi connectivity index (χ0n) is 9.57. The molecule has 0 aliphatic carbocycles. The van der Waals surface area contributed by atoms with Crippen molar-refractivity contribution in [3.05, 3.63) is 28.2 Å². The summed E-state index contributed by atoms with van der Waals surface area (Å²) >= 11 is 3.10. The van der Waals surface area contributed by atoms with Gasteiger partial charge in [-0.2, -0.15) is 13.2 Å². The van der Waals surface area contributed by atoms with Gasteiger partial charge in [-0.15, -0.1) is 0 Å². The molecule has 2 N–H and O–H groups in total. The fraction of sp³-hybridized carbons (Fsp3) is 0.364. The molecule has 1 amide bonds. The second kappa shape index (κ2) is 6.19. The van der Waals surface area contributed by atoms with Crippen LogP contribution in [0.15, 0.2) is 22.7 Å². The number of rotatable bonds is 4. The maximum absolute atomic E-state index is 12.5. The van der Waals surface area contributed by atoms with Crippen molar-refractivity contribution in [2.24, 2.45) is 0 Å². The van der Waals surface area contributed by atoms with E-state index in [9.17, 15) is 18.0 Å². The lowest BCUT2D eigenvalue weighted by atomic mass is 10.2. The number of alkyl halides is 3. The van der Waals surface area contributed by atoms with Crippen LogP contribution in [0.5, 0.6) is 0 Å². The van der Waals surface area contributed by atoms with Gasteiger partial charge in [0.15, 0.2) is 0 Å². The summed E-state index contributed by atoms with van der Waals surface area (Å²) in [4.78, 5) is 11.4. The van der Waals surface area contributed by atoms with Crippen LogP contribution in [0.2, 0.25) is 0 Å². The molecule has 100 valence electrons. The SMILES string of the molecule is CNCCC(=O)Nc1cc(C(F)(F)F)ccc1Br. The number of nitrogens with one attached hydrogen (secondary N) is 2. The van der Waals surface area contributed by atoms with Crippen molar-refractivity contribution in [3.8, 4) is 0 Å². The first-order chi connectivity index (χ1) is 8.34. The maximum Gasteiger partial charge on any atom is 0.416 e. The minimum atomic E-state index is -4.43. The van der Waals surface area contributed by atoms with E-state index in [2.05, 4.69) is 26.6 Å². The molecule has 0 heterocycles. The van der Waals surface area contributed by atoms with Crippen LogP contribution in [-0.2, 0) is 11.0 Å². The van der Waals surface area contributed by atoms with Crippen LogP contribution in [0.3, 0.4) is 0 Å². The lowest BCUT2D eigenvalue weighted by Crippen LogP contribution is -2.19. The van der Waals surface area contributed by atoms with Gasteiger partial charge in [-0.1, -0.05) is 0 Å². The molecule has 0 fully saturated rings. The molecule has 0 radical (unpaired) electrons. The summed E-state index contributed by atoms with van der Waals surface area (Å²) in [5.41, 5.74) is -0.680.